The van der Waals surface area contributed by atoms with Crippen LogP contribution >= 0.6 is 11.3 Å². The van der Waals surface area contributed by atoms with Gasteiger partial charge in [-0.2, -0.15) is 0 Å². The van der Waals surface area contributed by atoms with Gasteiger partial charge in [0.1, 0.15) is 5.39 Å². The molecular formula is C17H14N3S+. The molecule has 0 fully saturated rings. The summed E-state index contributed by atoms with van der Waals surface area (Å²) < 4.78 is 4.51. The standard InChI is InChI=1S/C17H14N3S/c1-9-4-5-11-10(2)6-20-12-7-21-17-14(12)16(13(9)15(11)20)19(3)8-18-17/h4-8H,1-3H3/q+1. The van der Waals surface area contributed by atoms with E-state index in [1.807, 2.05) is 6.33 Å². The molecule has 5 aromatic rings. The Balaban J connectivity index is 2.34. The maximum atomic E-state index is 4.59. The number of thiophene rings is 1. The van der Waals surface area contributed by atoms with Crippen LogP contribution in [0.3, 0.4) is 0 Å². The van der Waals surface area contributed by atoms with Crippen LogP contribution in [-0.4, -0.2) is 9.38 Å². The summed E-state index contributed by atoms with van der Waals surface area (Å²) in [7, 11) is 2.09. The molecule has 0 radical (unpaired) electrons. The van der Waals surface area contributed by atoms with Gasteiger partial charge in [0.15, 0.2) is 5.52 Å². The van der Waals surface area contributed by atoms with E-state index in [9.17, 15) is 0 Å². The minimum atomic E-state index is 1.12. The molecule has 102 valence electrons. The zero-order valence-corrected chi connectivity index (χ0v) is 13.0. The fourth-order valence-electron chi connectivity index (χ4n) is 3.59. The number of aryl methyl sites for hydroxylation is 3. The van der Waals surface area contributed by atoms with E-state index in [0.717, 1.165) is 4.83 Å². The van der Waals surface area contributed by atoms with Gasteiger partial charge < -0.3 is 4.40 Å². The van der Waals surface area contributed by atoms with E-state index in [1.165, 1.54) is 43.8 Å². The summed E-state index contributed by atoms with van der Waals surface area (Å²) in [6.07, 6.45) is 4.19. The van der Waals surface area contributed by atoms with Gasteiger partial charge in [0.05, 0.1) is 18.1 Å². The summed E-state index contributed by atoms with van der Waals surface area (Å²) >= 11 is 1.73. The molecule has 0 saturated heterocycles. The Morgan fingerprint density at radius 3 is 2.86 bits per heavy atom. The highest BCUT2D eigenvalue weighted by Gasteiger charge is 2.22. The minimum Gasteiger partial charge on any atom is -0.314 e. The molecule has 0 aliphatic carbocycles. The number of rotatable bonds is 0. The van der Waals surface area contributed by atoms with Crippen LogP contribution in [-0.2, 0) is 7.05 Å². The minimum absolute atomic E-state index is 1.12. The van der Waals surface area contributed by atoms with Crippen molar-refractivity contribution >= 4 is 48.9 Å². The molecule has 0 spiro atoms. The third-order valence-electron chi connectivity index (χ3n) is 4.56. The van der Waals surface area contributed by atoms with E-state index in [1.54, 1.807) is 11.3 Å². The largest absolute Gasteiger partial charge is 0.314 e. The van der Waals surface area contributed by atoms with Crippen LogP contribution in [0.5, 0.6) is 0 Å². The summed E-state index contributed by atoms with van der Waals surface area (Å²) in [6, 6.07) is 4.48. The molecular weight excluding hydrogens is 278 g/mol. The van der Waals surface area contributed by atoms with Crippen molar-refractivity contribution in [3.63, 3.8) is 0 Å². The van der Waals surface area contributed by atoms with Gasteiger partial charge in [-0.3, -0.25) is 0 Å². The molecule has 0 aliphatic rings. The Morgan fingerprint density at radius 2 is 2.00 bits per heavy atom. The molecule has 21 heavy (non-hydrogen) atoms. The summed E-state index contributed by atoms with van der Waals surface area (Å²) in [5.41, 5.74) is 6.55. The first-order valence-electron chi connectivity index (χ1n) is 7.04. The highest BCUT2D eigenvalue weighted by atomic mass is 32.1. The Hall–Kier alpha value is -2.20. The molecule has 4 heteroatoms. The zero-order valence-electron chi connectivity index (χ0n) is 12.1. The second kappa shape index (κ2) is 3.52. The van der Waals surface area contributed by atoms with Crippen molar-refractivity contribution in [1.29, 1.82) is 0 Å². The van der Waals surface area contributed by atoms with Crippen molar-refractivity contribution in [3.05, 3.63) is 41.2 Å². The first-order valence-corrected chi connectivity index (χ1v) is 7.92. The Kier molecular flexibility index (Phi) is 1.92. The molecule has 4 aromatic heterocycles. The number of aromatic nitrogens is 3. The number of nitrogens with zero attached hydrogens (tertiary/aromatic N) is 3. The van der Waals surface area contributed by atoms with Crippen molar-refractivity contribution in [2.75, 3.05) is 0 Å². The number of hydrogen-bond acceptors (Lipinski definition) is 2. The molecule has 0 N–H and O–H groups in total. The first-order chi connectivity index (χ1) is 10.2. The molecule has 4 heterocycles. The van der Waals surface area contributed by atoms with E-state index in [4.69, 9.17) is 0 Å². The van der Waals surface area contributed by atoms with Crippen LogP contribution < -0.4 is 4.57 Å². The molecule has 0 amide bonds. The third-order valence-corrected chi connectivity index (χ3v) is 5.43. The van der Waals surface area contributed by atoms with E-state index in [0.29, 0.717) is 0 Å². The second-order valence-corrected chi connectivity index (χ2v) is 6.70. The van der Waals surface area contributed by atoms with E-state index in [-0.39, 0.29) is 0 Å². The number of fused-ring (bicyclic) bond motifs is 2. The summed E-state index contributed by atoms with van der Waals surface area (Å²) in [4.78, 5) is 5.70. The molecule has 1 aromatic carbocycles. The lowest BCUT2D eigenvalue weighted by Crippen LogP contribution is -2.29. The van der Waals surface area contributed by atoms with Crippen molar-refractivity contribution in [2.24, 2.45) is 7.05 Å². The fraction of sp³-hybridized carbons (Fsp3) is 0.176. The van der Waals surface area contributed by atoms with Crippen molar-refractivity contribution in [2.45, 2.75) is 13.8 Å². The number of pyridine rings is 1. The van der Waals surface area contributed by atoms with Crippen LogP contribution in [0.1, 0.15) is 11.1 Å². The molecule has 3 nitrogen and oxygen atoms in total. The van der Waals surface area contributed by atoms with Gasteiger partial charge in [0.25, 0.3) is 6.33 Å². The molecule has 0 aliphatic heterocycles. The van der Waals surface area contributed by atoms with E-state index >= 15 is 0 Å². The third kappa shape index (κ3) is 1.20. The molecule has 0 saturated carbocycles. The van der Waals surface area contributed by atoms with Crippen LogP contribution in [0.25, 0.3) is 37.5 Å². The average molecular weight is 292 g/mol. The smallest absolute Gasteiger partial charge is 0.288 e. The topological polar surface area (TPSA) is 21.2 Å². The van der Waals surface area contributed by atoms with Crippen LogP contribution in [0, 0.1) is 13.8 Å². The van der Waals surface area contributed by atoms with Gasteiger partial charge in [-0.1, -0.05) is 23.5 Å². The van der Waals surface area contributed by atoms with Crippen LogP contribution in [0.4, 0.5) is 0 Å². The fourth-order valence-corrected chi connectivity index (χ4v) is 4.47. The van der Waals surface area contributed by atoms with Gasteiger partial charge in [0.2, 0.25) is 4.83 Å². The summed E-state index contributed by atoms with van der Waals surface area (Å²) in [5.74, 6) is 0. The first kappa shape index (κ1) is 11.5. The van der Waals surface area contributed by atoms with Crippen molar-refractivity contribution < 1.29 is 4.57 Å². The Bertz CT molecular complexity index is 1160. The highest BCUT2D eigenvalue weighted by molar-refractivity contribution is 7.17. The SMILES string of the molecule is Cc1cn2c3csc4nc[n+](C)c(c5c(C)ccc1c52)c43. The Morgan fingerprint density at radius 1 is 1.14 bits per heavy atom. The van der Waals surface area contributed by atoms with E-state index in [2.05, 4.69) is 58.6 Å². The number of benzene rings is 1. The van der Waals surface area contributed by atoms with Gasteiger partial charge in [-0.05, 0) is 30.0 Å². The highest BCUT2D eigenvalue weighted by Crippen LogP contribution is 2.38. The quantitative estimate of drug-likeness (QED) is 0.315. The van der Waals surface area contributed by atoms with Crippen molar-refractivity contribution in [3.8, 4) is 0 Å². The Labute approximate surface area is 125 Å². The van der Waals surface area contributed by atoms with Crippen LogP contribution in [0.2, 0.25) is 0 Å². The summed E-state index contributed by atoms with van der Waals surface area (Å²) in [5, 5.41) is 6.20. The lowest BCUT2D eigenvalue weighted by molar-refractivity contribution is -0.646. The predicted octanol–water partition coefficient (Wildman–Crippen LogP) is 3.73. The molecule has 0 atom stereocenters. The lowest BCUT2D eigenvalue weighted by Gasteiger charge is -2.09. The van der Waals surface area contributed by atoms with Gasteiger partial charge in [-0.15, -0.1) is 0 Å². The maximum absolute atomic E-state index is 4.59. The summed E-state index contributed by atoms with van der Waals surface area (Å²) in [6.45, 7) is 4.39. The van der Waals surface area contributed by atoms with Gasteiger partial charge in [-0.25, -0.2) is 4.57 Å². The monoisotopic (exact) mass is 292 g/mol. The average Bonchev–Trinajstić information content (AvgIpc) is 3.02. The molecule has 5 rings (SSSR count). The second-order valence-electron chi connectivity index (χ2n) is 5.84. The molecule has 0 bridgehead atoms. The van der Waals surface area contributed by atoms with Gasteiger partial charge >= 0.3 is 0 Å². The predicted molar refractivity (Wildman–Crippen MR) is 87.4 cm³/mol. The normalized spacial score (nSPS) is 12.5. The van der Waals surface area contributed by atoms with Crippen molar-refractivity contribution in [1.82, 2.24) is 9.38 Å². The van der Waals surface area contributed by atoms with Gasteiger partial charge in [0, 0.05) is 22.3 Å². The number of hydrogen-bond donors (Lipinski definition) is 0. The van der Waals surface area contributed by atoms with E-state index < -0.39 is 0 Å². The molecule has 0 unspecified atom stereocenters. The maximum Gasteiger partial charge on any atom is 0.288 e. The van der Waals surface area contributed by atoms with Crippen LogP contribution in [0.15, 0.2) is 30.0 Å². The lowest BCUT2D eigenvalue weighted by atomic mass is 10.0. The zero-order chi connectivity index (χ0) is 14.3.